The molecule has 5 heteroatoms. The maximum absolute atomic E-state index is 12.7. The van der Waals surface area contributed by atoms with Gasteiger partial charge in [-0.05, 0) is 56.0 Å². The Morgan fingerprint density at radius 1 is 0.846 bits per heavy atom. The molecule has 136 valence electrons. The van der Waals surface area contributed by atoms with Gasteiger partial charge in [-0.15, -0.1) is 0 Å². The van der Waals surface area contributed by atoms with E-state index in [1.807, 2.05) is 30.3 Å². The lowest BCUT2D eigenvalue weighted by Crippen LogP contribution is -2.40. The Bertz CT molecular complexity index is 820. The summed E-state index contributed by atoms with van der Waals surface area (Å²) in [6, 6.07) is 13.7. The molecule has 26 heavy (non-hydrogen) atoms. The molecule has 1 aliphatic rings. The first-order chi connectivity index (χ1) is 12.4. The number of hydrogen-bond acceptors (Lipinski definition) is 4. The number of carbonyl (C=O) groups excluding carboxylic acids is 2. The molecule has 0 aliphatic heterocycles. The molecule has 0 saturated heterocycles. The van der Waals surface area contributed by atoms with Crippen molar-refractivity contribution in [3.05, 3.63) is 53.6 Å². The number of hydrogen-bond donors (Lipinski definition) is 0. The van der Waals surface area contributed by atoms with Crippen LogP contribution >= 0.6 is 0 Å². The van der Waals surface area contributed by atoms with E-state index in [0.717, 1.165) is 21.6 Å². The fourth-order valence-electron chi connectivity index (χ4n) is 3.13. The van der Waals surface area contributed by atoms with Gasteiger partial charge in [0.1, 0.15) is 0 Å². The highest BCUT2D eigenvalue weighted by atomic mass is 16.6. The summed E-state index contributed by atoms with van der Waals surface area (Å²) in [6.45, 7) is 6.98. The van der Waals surface area contributed by atoms with Gasteiger partial charge < -0.3 is 9.47 Å². The summed E-state index contributed by atoms with van der Waals surface area (Å²) < 4.78 is 10.6. The van der Waals surface area contributed by atoms with Crippen LogP contribution in [-0.2, 0) is 15.9 Å². The molecule has 0 heterocycles. The number of carbonyl (C=O) groups is 2. The molecule has 5 nitrogen and oxygen atoms in total. The summed E-state index contributed by atoms with van der Waals surface area (Å²) in [5.74, 6) is 0. The number of anilines is 1. The highest BCUT2D eigenvalue weighted by Crippen LogP contribution is 2.41. The smallest absolute Gasteiger partial charge is 0.424 e. The zero-order chi connectivity index (χ0) is 18.8. The first-order valence-electron chi connectivity index (χ1n) is 8.80. The number of imide groups is 1. The highest BCUT2D eigenvalue weighted by molar-refractivity contribution is 6.11. The molecule has 0 spiro atoms. The number of fused-ring (bicyclic) bond motifs is 3. The predicted octanol–water partition coefficient (Wildman–Crippen LogP) is 5.15. The van der Waals surface area contributed by atoms with E-state index in [9.17, 15) is 9.59 Å². The topological polar surface area (TPSA) is 55.8 Å². The zero-order valence-electron chi connectivity index (χ0n) is 15.5. The lowest BCUT2D eigenvalue weighted by molar-refractivity contribution is 0.104. The van der Waals surface area contributed by atoms with Crippen molar-refractivity contribution < 1.29 is 19.1 Å². The molecule has 2 aromatic rings. The van der Waals surface area contributed by atoms with Crippen LogP contribution in [0.1, 0.15) is 38.8 Å². The molecule has 0 atom stereocenters. The van der Waals surface area contributed by atoms with E-state index in [2.05, 4.69) is 6.07 Å². The third-order valence-corrected chi connectivity index (χ3v) is 4.11. The number of benzene rings is 2. The molecule has 0 fully saturated rings. The van der Waals surface area contributed by atoms with Gasteiger partial charge in [-0.25, -0.2) is 9.59 Å². The highest BCUT2D eigenvalue weighted by Gasteiger charge is 2.32. The van der Waals surface area contributed by atoms with Crippen LogP contribution in [0.5, 0.6) is 0 Å². The minimum atomic E-state index is -0.727. The van der Waals surface area contributed by atoms with Gasteiger partial charge in [0.25, 0.3) is 0 Å². The Kier molecular flexibility index (Phi) is 4.98. The van der Waals surface area contributed by atoms with Crippen molar-refractivity contribution in [2.24, 2.45) is 0 Å². The van der Waals surface area contributed by atoms with Gasteiger partial charge in [-0.3, -0.25) is 0 Å². The Hall–Kier alpha value is -2.82. The van der Waals surface area contributed by atoms with E-state index in [1.165, 1.54) is 5.56 Å². The third-order valence-electron chi connectivity index (χ3n) is 4.11. The van der Waals surface area contributed by atoms with Crippen molar-refractivity contribution in [1.82, 2.24) is 0 Å². The van der Waals surface area contributed by atoms with Crippen LogP contribution in [0.25, 0.3) is 11.1 Å². The molecule has 2 amide bonds. The largest absolute Gasteiger partial charge is 0.446 e. The molecular weight excluding hydrogens is 330 g/mol. The Morgan fingerprint density at radius 2 is 1.42 bits per heavy atom. The lowest BCUT2D eigenvalue weighted by atomic mass is 10.0. The molecule has 0 bridgehead atoms. The normalized spacial score (nSPS) is 11.9. The van der Waals surface area contributed by atoms with Crippen LogP contribution in [0.2, 0.25) is 0 Å². The molecule has 0 radical (unpaired) electrons. The van der Waals surface area contributed by atoms with Gasteiger partial charge in [0, 0.05) is 6.42 Å². The maximum atomic E-state index is 12.7. The van der Waals surface area contributed by atoms with Crippen LogP contribution in [0, 0.1) is 0 Å². The van der Waals surface area contributed by atoms with Crippen LogP contribution < -0.4 is 4.90 Å². The van der Waals surface area contributed by atoms with Crippen LogP contribution in [0.15, 0.2) is 42.5 Å². The molecule has 0 N–H and O–H groups in total. The fraction of sp³-hybridized carbons (Fsp3) is 0.333. The summed E-state index contributed by atoms with van der Waals surface area (Å²) in [4.78, 5) is 26.3. The summed E-state index contributed by atoms with van der Waals surface area (Å²) in [7, 11) is 0. The molecule has 0 saturated carbocycles. The van der Waals surface area contributed by atoms with E-state index in [1.54, 1.807) is 33.8 Å². The minimum Gasteiger partial charge on any atom is -0.446 e. The van der Waals surface area contributed by atoms with E-state index in [0.29, 0.717) is 12.1 Å². The summed E-state index contributed by atoms with van der Waals surface area (Å²) in [5, 5.41) is 0. The average Bonchev–Trinajstić information content (AvgIpc) is 2.93. The molecule has 0 unspecified atom stereocenters. The van der Waals surface area contributed by atoms with Crippen molar-refractivity contribution in [1.29, 1.82) is 0 Å². The molecule has 1 aliphatic carbocycles. The standard InChI is InChI=1S/C21H23NO4/c1-13(2)25-20(23)22(21(24)26-14(3)4)19-11-7-10-17-16-9-6-5-8-15(16)12-18(17)19/h5-11,13-14H,12H2,1-4H3. The summed E-state index contributed by atoms with van der Waals surface area (Å²) in [5.41, 5.74) is 4.76. The number of nitrogens with zero attached hydrogens (tertiary/aromatic N) is 1. The van der Waals surface area contributed by atoms with Gasteiger partial charge in [0.05, 0.1) is 17.9 Å². The number of amides is 2. The SMILES string of the molecule is CC(C)OC(=O)N(C(=O)OC(C)C)c1cccc2c1Cc1ccccc1-2. The van der Waals surface area contributed by atoms with Crippen molar-refractivity contribution in [3.8, 4) is 11.1 Å². The first kappa shape index (κ1) is 18.0. The van der Waals surface area contributed by atoms with E-state index in [4.69, 9.17) is 9.47 Å². The zero-order valence-corrected chi connectivity index (χ0v) is 15.5. The first-order valence-corrected chi connectivity index (χ1v) is 8.80. The van der Waals surface area contributed by atoms with E-state index >= 15 is 0 Å². The quantitative estimate of drug-likeness (QED) is 0.653. The van der Waals surface area contributed by atoms with Crippen molar-refractivity contribution in [2.75, 3.05) is 4.90 Å². The summed E-state index contributed by atoms with van der Waals surface area (Å²) in [6.07, 6.45) is -1.48. The van der Waals surface area contributed by atoms with E-state index in [-0.39, 0.29) is 12.2 Å². The number of ether oxygens (including phenoxy) is 2. The van der Waals surface area contributed by atoms with Gasteiger partial charge in [-0.2, -0.15) is 4.90 Å². The average molecular weight is 353 g/mol. The van der Waals surface area contributed by atoms with Gasteiger partial charge in [-0.1, -0.05) is 36.4 Å². The van der Waals surface area contributed by atoms with Crippen molar-refractivity contribution in [2.45, 2.75) is 46.3 Å². The monoisotopic (exact) mass is 353 g/mol. The summed E-state index contributed by atoms with van der Waals surface area (Å²) >= 11 is 0. The second-order valence-corrected chi connectivity index (χ2v) is 6.84. The fourth-order valence-corrected chi connectivity index (χ4v) is 3.13. The van der Waals surface area contributed by atoms with Crippen LogP contribution in [0.3, 0.4) is 0 Å². The molecule has 2 aromatic carbocycles. The second-order valence-electron chi connectivity index (χ2n) is 6.84. The third kappa shape index (κ3) is 3.43. The van der Waals surface area contributed by atoms with E-state index < -0.39 is 12.2 Å². The Balaban J connectivity index is 2.05. The van der Waals surface area contributed by atoms with Gasteiger partial charge >= 0.3 is 12.2 Å². The molecule has 0 aromatic heterocycles. The predicted molar refractivity (Wildman–Crippen MR) is 100 cm³/mol. The molecule has 3 rings (SSSR count). The second kappa shape index (κ2) is 7.20. The van der Waals surface area contributed by atoms with Gasteiger partial charge in [0.2, 0.25) is 0 Å². The molecular formula is C21H23NO4. The van der Waals surface area contributed by atoms with Crippen molar-refractivity contribution in [3.63, 3.8) is 0 Å². The van der Waals surface area contributed by atoms with Crippen LogP contribution in [-0.4, -0.2) is 24.4 Å². The Morgan fingerprint density at radius 3 is 2.04 bits per heavy atom. The van der Waals surface area contributed by atoms with Crippen molar-refractivity contribution >= 4 is 17.9 Å². The minimum absolute atomic E-state index is 0.342. The van der Waals surface area contributed by atoms with Gasteiger partial charge in [0.15, 0.2) is 0 Å². The Labute approximate surface area is 153 Å². The number of rotatable bonds is 3. The van der Waals surface area contributed by atoms with Crippen LogP contribution in [0.4, 0.5) is 15.3 Å². The maximum Gasteiger partial charge on any atom is 0.424 e. The lowest BCUT2D eigenvalue weighted by Gasteiger charge is -2.24.